The predicted molar refractivity (Wildman–Crippen MR) is 80.6 cm³/mol. The molecule has 1 heterocycles. The molecule has 1 saturated heterocycles. The first-order chi connectivity index (χ1) is 8.72. The van der Waals surface area contributed by atoms with Gasteiger partial charge in [0.1, 0.15) is 0 Å². The number of morpholine rings is 1. The van der Waals surface area contributed by atoms with Crippen molar-refractivity contribution in [3.63, 3.8) is 0 Å². The van der Waals surface area contributed by atoms with Gasteiger partial charge < -0.3 is 4.74 Å². The predicted octanol–water partition coefficient (Wildman–Crippen LogP) is 3.01. The molecule has 0 spiro atoms. The van der Waals surface area contributed by atoms with Gasteiger partial charge in [-0.15, -0.1) is 0 Å². The molecule has 1 aromatic carbocycles. The summed E-state index contributed by atoms with van der Waals surface area (Å²) < 4.78 is 33.7. The Hall–Kier alpha value is 0.0500. The topological polar surface area (TPSA) is 46.6 Å². The molecule has 0 bridgehead atoms. The summed E-state index contributed by atoms with van der Waals surface area (Å²) in [6.07, 6.45) is 0. The molecule has 0 saturated carbocycles. The molecule has 4 nitrogen and oxygen atoms in total. The Balaban J connectivity index is 2.39. The van der Waals surface area contributed by atoms with Gasteiger partial charge in [0.25, 0.3) is 0 Å². The summed E-state index contributed by atoms with van der Waals surface area (Å²) in [5, 5.41) is 0. The molecule has 0 atom stereocenters. The van der Waals surface area contributed by atoms with E-state index in [4.69, 9.17) is 4.74 Å². The maximum absolute atomic E-state index is 12.7. The van der Waals surface area contributed by atoms with Crippen LogP contribution in [0, 0.1) is 0 Å². The van der Waals surface area contributed by atoms with Crippen molar-refractivity contribution in [3.8, 4) is 0 Å². The van der Waals surface area contributed by atoms with E-state index in [1.165, 1.54) is 4.31 Å². The molecule has 0 unspecified atom stereocenters. The molecule has 2 rings (SSSR count). The number of ether oxygens (including phenoxy) is 1. The van der Waals surface area contributed by atoms with Gasteiger partial charge in [-0.25, -0.2) is 8.42 Å². The van der Waals surface area contributed by atoms with Crippen molar-refractivity contribution in [1.29, 1.82) is 0 Å². The van der Waals surface area contributed by atoms with Crippen LogP contribution in [0.2, 0.25) is 0 Å². The highest BCUT2D eigenvalue weighted by molar-refractivity contribution is 9.11. The van der Waals surface area contributed by atoms with Gasteiger partial charge in [0.05, 0.1) is 17.1 Å². The minimum Gasteiger partial charge on any atom is -0.373 e. The van der Waals surface area contributed by atoms with E-state index < -0.39 is 15.6 Å². The van der Waals surface area contributed by atoms with Gasteiger partial charge in [-0.3, -0.25) is 0 Å². The third kappa shape index (κ3) is 3.39. The first-order valence-electron chi connectivity index (χ1n) is 5.81. The molecule has 0 radical (unpaired) electrons. The molecule has 0 N–H and O–H groups in total. The second-order valence-corrected chi connectivity index (χ2v) is 8.70. The second kappa shape index (κ2) is 5.44. The van der Waals surface area contributed by atoms with Gasteiger partial charge >= 0.3 is 0 Å². The number of hydrogen-bond acceptors (Lipinski definition) is 3. The van der Waals surface area contributed by atoms with Crippen LogP contribution in [0.4, 0.5) is 0 Å². The average Bonchev–Trinajstić information content (AvgIpc) is 2.31. The number of hydrogen-bond donors (Lipinski definition) is 0. The van der Waals surface area contributed by atoms with Crippen LogP contribution in [0.25, 0.3) is 0 Å². The molecular formula is C12H15Br2NO3S. The Morgan fingerprint density at radius 2 is 2.00 bits per heavy atom. The Bertz CT molecular complexity index is 587. The van der Waals surface area contributed by atoms with Gasteiger partial charge in [0, 0.05) is 22.0 Å². The van der Waals surface area contributed by atoms with Gasteiger partial charge in [0.2, 0.25) is 10.0 Å². The third-order valence-corrected chi connectivity index (χ3v) is 6.23. The fourth-order valence-electron chi connectivity index (χ4n) is 1.99. The van der Waals surface area contributed by atoms with Crippen molar-refractivity contribution in [1.82, 2.24) is 4.31 Å². The lowest BCUT2D eigenvalue weighted by molar-refractivity contribution is -0.0640. The molecule has 106 valence electrons. The number of nitrogens with zero attached hydrogens (tertiary/aromatic N) is 1. The monoisotopic (exact) mass is 411 g/mol. The molecule has 19 heavy (non-hydrogen) atoms. The molecule has 1 fully saturated rings. The molecular weight excluding hydrogens is 398 g/mol. The third-order valence-electron chi connectivity index (χ3n) is 2.90. The van der Waals surface area contributed by atoms with E-state index in [0.717, 1.165) is 4.47 Å². The van der Waals surface area contributed by atoms with Crippen molar-refractivity contribution in [2.75, 3.05) is 19.7 Å². The first kappa shape index (κ1) is 15.4. The Kier molecular flexibility index (Phi) is 4.42. The summed E-state index contributed by atoms with van der Waals surface area (Å²) in [7, 11) is -3.51. The number of sulfonamides is 1. The van der Waals surface area contributed by atoms with Gasteiger partial charge in [-0.05, 0) is 48.0 Å². The Morgan fingerprint density at radius 3 is 2.63 bits per heavy atom. The van der Waals surface area contributed by atoms with Crippen molar-refractivity contribution >= 4 is 41.9 Å². The highest BCUT2D eigenvalue weighted by atomic mass is 79.9. The van der Waals surface area contributed by atoms with E-state index in [0.29, 0.717) is 24.2 Å². The van der Waals surface area contributed by atoms with Crippen LogP contribution in [-0.4, -0.2) is 38.0 Å². The SMILES string of the molecule is CC1(C)CN(S(=O)(=O)c2cc(Br)ccc2Br)CCO1. The number of halogens is 2. The number of rotatable bonds is 2. The fourth-order valence-corrected chi connectivity index (χ4v) is 5.03. The van der Waals surface area contributed by atoms with E-state index in [2.05, 4.69) is 31.9 Å². The maximum atomic E-state index is 12.7. The van der Waals surface area contributed by atoms with Crippen LogP contribution in [0.15, 0.2) is 32.0 Å². The van der Waals surface area contributed by atoms with Crippen LogP contribution < -0.4 is 0 Å². The summed E-state index contributed by atoms with van der Waals surface area (Å²) >= 11 is 6.61. The zero-order valence-corrected chi connectivity index (χ0v) is 14.7. The van der Waals surface area contributed by atoms with Crippen LogP contribution in [-0.2, 0) is 14.8 Å². The Morgan fingerprint density at radius 1 is 1.32 bits per heavy atom. The average molecular weight is 413 g/mol. The summed E-state index contributed by atoms with van der Waals surface area (Å²) in [5.74, 6) is 0. The largest absolute Gasteiger partial charge is 0.373 e. The molecule has 1 aliphatic heterocycles. The normalized spacial score (nSPS) is 20.4. The smallest absolute Gasteiger partial charge is 0.244 e. The fraction of sp³-hybridized carbons (Fsp3) is 0.500. The quantitative estimate of drug-likeness (QED) is 0.749. The minimum absolute atomic E-state index is 0.277. The molecule has 0 aromatic heterocycles. The second-order valence-electron chi connectivity index (χ2n) is 5.02. The lowest BCUT2D eigenvalue weighted by atomic mass is 10.1. The van der Waals surface area contributed by atoms with E-state index in [1.54, 1.807) is 18.2 Å². The molecule has 1 aliphatic rings. The van der Waals surface area contributed by atoms with Crippen molar-refractivity contribution in [2.24, 2.45) is 0 Å². The molecule has 0 aliphatic carbocycles. The summed E-state index contributed by atoms with van der Waals surface area (Å²) in [6, 6.07) is 5.14. The molecule has 7 heteroatoms. The van der Waals surface area contributed by atoms with E-state index >= 15 is 0 Å². The van der Waals surface area contributed by atoms with Crippen LogP contribution in [0.1, 0.15) is 13.8 Å². The van der Waals surface area contributed by atoms with Gasteiger partial charge in [-0.2, -0.15) is 4.31 Å². The highest BCUT2D eigenvalue weighted by Crippen LogP contribution is 2.30. The van der Waals surface area contributed by atoms with Gasteiger partial charge in [-0.1, -0.05) is 15.9 Å². The minimum atomic E-state index is -3.51. The summed E-state index contributed by atoms with van der Waals surface area (Å²) in [6.45, 7) is 4.94. The van der Waals surface area contributed by atoms with Crippen LogP contribution in [0.3, 0.4) is 0 Å². The summed E-state index contributed by atoms with van der Waals surface area (Å²) in [4.78, 5) is 0.277. The standard InChI is InChI=1S/C12H15Br2NO3S/c1-12(2)8-15(5-6-18-12)19(16,17)11-7-9(13)3-4-10(11)14/h3-4,7H,5-6,8H2,1-2H3. The lowest BCUT2D eigenvalue weighted by Gasteiger charge is -2.37. The van der Waals surface area contributed by atoms with Gasteiger partial charge in [0.15, 0.2) is 0 Å². The van der Waals surface area contributed by atoms with E-state index in [1.807, 2.05) is 13.8 Å². The van der Waals surface area contributed by atoms with E-state index in [9.17, 15) is 8.42 Å². The molecule has 1 aromatic rings. The van der Waals surface area contributed by atoms with Crippen molar-refractivity contribution in [2.45, 2.75) is 24.3 Å². The first-order valence-corrected chi connectivity index (χ1v) is 8.84. The molecule has 0 amide bonds. The zero-order valence-electron chi connectivity index (χ0n) is 10.7. The Labute approximate surface area is 130 Å². The lowest BCUT2D eigenvalue weighted by Crippen LogP contribution is -2.50. The van der Waals surface area contributed by atoms with E-state index in [-0.39, 0.29) is 4.90 Å². The number of benzene rings is 1. The maximum Gasteiger partial charge on any atom is 0.244 e. The van der Waals surface area contributed by atoms with Crippen LogP contribution in [0.5, 0.6) is 0 Å². The van der Waals surface area contributed by atoms with Crippen LogP contribution >= 0.6 is 31.9 Å². The summed E-state index contributed by atoms with van der Waals surface area (Å²) in [5.41, 5.74) is -0.455. The van der Waals surface area contributed by atoms with Crippen molar-refractivity contribution in [3.05, 3.63) is 27.1 Å². The zero-order chi connectivity index (χ0) is 14.3. The van der Waals surface area contributed by atoms with Crippen molar-refractivity contribution < 1.29 is 13.2 Å². The highest BCUT2D eigenvalue weighted by Gasteiger charge is 2.35.